The number of carbonyl (C=O) groups excluding carboxylic acids is 1. The van der Waals surface area contributed by atoms with Gasteiger partial charge in [-0.05, 0) is 48.4 Å². The first-order chi connectivity index (χ1) is 9.90. The molecule has 0 aliphatic carbocycles. The number of hydrogen-bond donors (Lipinski definition) is 1. The Morgan fingerprint density at radius 1 is 1.48 bits per heavy atom. The third-order valence-corrected chi connectivity index (χ3v) is 4.67. The van der Waals surface area contributed by atoms with E-state index in [1.165, 1.54) is 13.2 Å². The maximum atomic E-state index is 13.8. The molecule has 2 rings (SSSR count). The predicted molar refractivity (Wildman–Crippen MR) is 82.3 cm³/mol. The molecule has 1 N–H and O–H groups in total. The standard InChI is InChI=1S/C14H17F2IN2O2/c1-14(13(20)21-2)6-3-7-19(14)18-8-9-4-5-10(17)12(16)11(9)15/h4-5,18H,3,6-8H2,1-2H3/t14-/m1/s1. The topological polar surface area (TPSA) is 41.6 Å². The second-order valence-corrected chi connectivity index (χ2v) is 6.35. The van der Waals surface area contributed by atoms with Crippen LogP contribution in [0.3, 0.4) is 0 Å². The molecule has 0 saturated carbocycles. The van der Waals surface area contributed by atoms with Crippen molar-refractivity contribution in [1.29, 1.82) is 0 Å². The summed E-state index contributed by atoms with van der Waals surface area (Å²) in [4.78, 5) is 11.9. The van der Waals surface area contributed by atoms with Crippen LogP contribution in [0.25, 0.3) is 0 Å². The van der Waals surface area contributed by atoms with E-state index in [2.05, 4.69) is 5.43 Å². The summed E-state index contributed by atoms with van der Waals surface area (Å²) < 4.78 is 32.4. The molecule has 0 unspecified atom stereocenters. The minimum Gasteiger partial charge on any atom is -0.468 e. The molecule has 0 amide bonds. The van der Waals surface area contributed by atoms with Crippen LogP contribution in [0.2, 0.25) is 0 Å². The molecule has 1 atom stereocenters. The first-order valence-corrected chi connectivity index (χ1v) is 7.70. The molecular weight excluding hydrogens is 393 g/mol. The SMILES string of the molecule is COC(=O)[C@@]1(C)CCCN1NCc1ccc(I)c(F)c1F. The third kappa shape index (κ3) is 3.19. The van der Waals surface area contributed by atoms with E-state index in [9.17, 15) is 13.6 Å². The minimum atomic E-state index is -0.853. The molecule has 0 bridgehead atoms. The highest BCUT2D eigenvalue weighted by molar-refractivity contribution is 14.1. The molecule has 0 aromatic heterocycles. The van der Waals surface area contributed by atoms with Gasteiger partial charge in [0.15, 0.2) is 11.6 Å². The Bertz CT molecular complexity index is 556. The zero-order chi connectivity index (χ0) is 15.6. The molecule has 1 aliphatic rings. The van der Waals surface area contributed by atoms with Crippen molar-refractivity contribution in [1.82, 2.24) is 10.4 Å². The number of nitrogens with one attached hydrogen (secondary N) is 1. The molecule has 116 valence electrons. The third-order valence-electron chi connectivity index (χ3n) is 3.84. The Morgan fingerprint density at radius 3 is 2.86 bits per heavy atom. The first-order valence-electron chi connectivity index (χ1n) is 6.62. The van der Waals surface area contributed by atoms with Gasteiger partial charge >= 0.3 is 5.97 Å². The fraction of sp³-hybridized carbons (Fsp3) is 0.500. The predicted octanol–water partition coefficient (Wildman–Crippen LogP) is 2.60. The zero-order valence-electron chi connectivity index (χ0n) is 11.9. The molecule has 7 heteroatoms. The number of carbonyl (C=O) groups is 1. The van der Waals surface area contributed by atoms with Crippen molar-refractivity contribution in [2.75, 3.05) is 13.7 Å². The number of hydrogen-bond acceptors (Lipinski definition) is 4. The fourth-order valence-electron chi connectivity index (χ4n) is 2.53. The minimum absolute atomic E-state index is 0.117. The molecule has 1 aliphatic heterocycles. The van der Waals surface area contributed by atoms with E-state index in [1.54, 1.807) is 40.6 Å². The highest BCUT2D eigenvalue weighted by Crippen LogP contribution is 2.28. The number of methoxy groups -OCH3 is 1. The van der Waals surface area contributed by atoms with Crippen LogP contribution in [-0.2, 0) is 16.1 Å². The second-order valence-electron chi connectivity index (χ2n) is 5.19. The van der Waals surface area contributed by atoms with Gasteiger partial charge < -0.3 is 4.74 Å². The molecule has 1 aromatic rings. The Balaban J connectivity index is 2.09. The van der Waals surface area contributed by atoms with Crippen LogP contribution in [0.4, 0.5) is 8.78 Å². The molecule has 1 heterocycles. The van der Waals surface area contributed by atoms with E-state index >= 15 is 0 Å². The molecule has 21 heavy (non-hydrogen) atoms. The van der Waals surface area contributed by atoms with Gasteiger partial charge in [0.05, 0.1) is 10.7 Å². The van der Waals surface area contributed by atoms with Crippen molar-refractivity contribution in [3.8, 4) is 0 Å². The summed E-state index contributed by atoms with van der Waals surface area (Å²) in [5.41, 5.74) is 2.47. The average Bonchev–Trinajstić information content (AvgIpc) is 2.85. The second kappa shape index (κ2) is 6.53. The fourth-order valence-corrected chi connectivity index (χ4v) is 2.95. The summed E-state index contributed by atoms with van der Waals surface area (Å²) in [5, 5.41) is 1.74. The monoisotopic (exact) mass is 410 g/mol. The van der Waals surface area contributed by atoms with Gasteiger partial charge in [-0.1, -0.05) is 6.07 Å². The van der Waals surface area contributed by atoms with Crippen LogP contribution in [0.5, 0.6) is 0 Å². The van der Waals surface area contributed by atoms with Gasteiger partial charge in [-0.15, -0.1) is 0 Å². The summed E-state index contributed by atoms with van der Waals surface area (Å²) in [6, 6.07) is 3.07. The lowest BCUT2D eigenvalue weighted by atomic mass is 10.0. The summed E-state index contributed by atoms with van der Waals surface area (Å²) >= 11 is 1.75. The molecule has 1 fully saturated rings. The van der Waals surface area contributed by atoms with Crippen LogP contribution < -0.4 is 5.43 Å². The van der Waals surface area contributed by atoms with Gasteiger partial charge in [0.25, 0.3) is 0 Å². The molecule has 1 aromatic carbocycles. The van der Waals surface area contributed by atoms with Crippen LogP contribution >= 0.6 is 22.6 Å². The number of halogens is 3. The van der Waals surface area contributed by atoms with Crippen LogP contribution in [-0.4, -0.2) is 30.2 Å². The van der Waals surface area contributed by atoms with E-state index in [4.69, 9.17) is 4.74 Å². The maximum Gasteiger partial charge on any atom is 0.327 e. The number of ether oxygens (including phenoxy) is 1. The molecule has 1 saturated heterocycles. The van der Waals surface area contributed by atoms with Crippen molar-refractivity contribution < 1.29 is 18.3 Å². The van der Waals surface area contributed by atoms with Gasteiger partial charge in [0.1, 0.15) is 5.54 Å². The summed E-state index contributed by atoms with van der Waals surface area (Å²) in [6.07, 6.45) is 1.50. The number of benzene rings is 1. The summed E-state index contributed by atoms with van der Waals surface area (Å²) in [6.45, 7) is 2.55. The van der Waals surface area contributed by atoms with Crippen LogP contribution in [0, 0.1) is 15.2 Å². The highest BCUT2D eigenvalue weighted by atomic mass is 127. The molecule has 0 radical (unpaired) electrons. The van der Waals surface area contributed by atoms with Crippen LogP contribution in [0.1, 0.15) is 25.3 Å². The Morgan fingerprint density at radius 2 is 2.19 bits per heavy atom. The lowest BCUT2D eigenvalue weighted by molar-refractivity contribution is -0.154. The number of esters is 1. The van der Waals surface area contributed by atoms with Crippen molar-refractivity contribution in [2.24, 2.45) is 0 Å². The Kier molecular flexibility index (Phi) is 5.15. The smallest absolute Gasteiger partial charge is 0.327 e. The van der Waals surface area contributed by atoms with Crippen LogP contribution in [0.15, 0.2) is 12.1 Å². The molecule has 0 spiro atoms. The van der Waals surface area contributed by atoms with Crippen molar-refractivity contribution >= 4 is 28.6 Å². The van der Waals surface area contributed by atoms with Gasteiger partial charge in [-0.25, -0.2) is 19.2 Å². The van der Waals surface area contributed by atoms with Gasteiger partial charge in [-0.3, -0.25) is 4.79 Å². The van der Waals surface area contributed by atoms with E-state index in [0.29, 0.717) is 13.0 Å². The normalized spacial score (nSPS) is 22.5. The number of rotatable bonds is 4. The summed E-state index contributed by atoms with van der Waals surface area (Å²) in [5.74, 6) is -2.03. The number of hydrazine groups is 1. The lowest BCUT2D eigenvalue weighted by Crippen LogP contribution is -2.54. The van der Waals surface area contributed by atoms with E-state index in [0.717, 1.165) is 6.42 Å². The van der Waals surface area contributed by atoms with Crippen molar-refractivity contribution in [3.05, 3.63) is 32.9 Å². The maximum absolute atomic E-state index is 13.8. The van der Waals surface area contributed by atoms with Crippen molar-refractivity contribution in [3.63, 3.8) is 0 Å². The van der Waals surface area contributed by atoms with E-state index < -0.39 is 17.2 Å². The largest absolute Gasteiger partial charge is 0.468 e. The van der Waals surface area contributed by atoms with Gasteiger partial charge in [0, 0.05) is 18.7 Å². The molecular formula is C14H17F2IN2O2. The highest BCUT2D eigenvalue weighted by Gasteiger charge is 2.44. The van der Waals surface area contributed by atoms with Gasteiger partial charge in [-0.2, -0.15) is 0 Å². The average molecular weight is 410 g/mol. The molecule has 4 nitrogen and oxygen atoms in total. The Hall–Kier alpha value is -0.800. The van der Waals surface area contributed by atoms with Crippen molar-refractivity contribution in [2.45, 2.75) is 31.8 Å². The summed E-state index contributed by atoms with van der Waals surface area (Å²) in [7, 11) is 1.35. The van der Waals surface area contributed by atoms with E-state index in [-0.39, 0.29) is 21.6 Å². The lowest BCUT2D eigenvalue weighted by Gasteiger charge is -2.32. The zero-order valence-corrected chi connectivity index (χ0v) is 14.0. The first kappa shape index (κ1) is 16.6. The quantitative estimate of drug-likeness (QED) is 0.471. The van der Waals surface area contributed by atoms with Gasteiger partial charge in [0.2, 0.25) is 0 Å². The number of nitrogens with zero attached hydrogens (tertiary/aromatic N) is 1. The van der Waals surface area contributed by atoms with E-state index in [1.807, 2.05) is 0 Å². The Labute approximate surface area is 135 Å².